The number of hydrogen-bond acceptors (Lipinski definition) is 3. The van der Waals surface area contributed by atoms with Crippen molar-refractivity contribution in [3.05, 3.63) is 23.9 Å². The Morgan fingerprint density at radius 3 is 2.39 bits per heavy atom. The molecule has 0 fully saturated rings. The second kappa shape index (κ2) is 4.60. The van der Waals surface area contributed by atoms with Gasteiger partial charge in [0.15, 0.2) is 11.5 Å². The first-order valence-electron chi connectivity index (χ1n) is 5.50. The number of aromatic nitrogens is 1. The monoisotopic (exact) mass is 249 g/mol. The number of carboxylic acid groups (broad SMARTS) is 1. The van der Waals surface area contributed by atoms with Crippen LogP contribution in [0, 0.1) is 6.92 Å². The van der Waals surface area contributed by atoms with Crippen molar-refractivity contribution in [2.45, 2.75) is 13.5 Å². The molecule has 0 radical (unpaired) electrons. The van der Waals surface area contributed by atoms with Gasteiger partial charge >= 0.3 is 5.97 Å². The summed E-state index contributed by atoms with van der Waals surface area (Å²) < 4.78 is 12.2. The average molecular weight is 249 g/mol. The molecule has 0 saturated heterocycles. The van der Waals surface area contributed by atoms with Gasteiger partial charge in [0.1, 0.15) is 6.54 Å². The Kier molecular flexibility index (Phi) is 3.14. The number of methoxy groups -OCH3 is 2. The van der Waals surface area contributed by atoms with Crippen LogP contribution in [0.15, 0.2) is 18.2 Å². The largest absolute Gasteiger partial charge is 0.493 e. The summed E-state index contributed by atoms with van der Waals surface area (Å²) in [7, 11) is 3.13. The molecule has 0 atom stereocenters. The maximum Gasteiger partial charge on any atom is 0.323 e. The molecule has 2 rings (SSSR count). The van der Waals surface area contributed by atoms with Crippen LogP contribution in [0.4, 0.5) is 0 Å². The van der Waals surface area contributed by atoms with E-state index in [9.17, 15) is 4.79 Å². The Balaban J connectivity index is 2.66. The summed E-state index contributed by atoms with van der Waals surface area (Å²) in [6.45, 7) is 1.81. The highest BCUT2D eigenvalue weighted by Crippen LogP contribution is 2.33. The van der Waals surface area contributed by atoms with E-state index in [1.165, 1.54) is 0 Å². The predicted molar refractivity (Wildman–Crippen MR) is 67.4 cm³/mol. The average Bonchev–Trinajstić information content (AvgIpc) is 2.63. The van der Waals surface area contributed by atoms with Gasteiger partial charge < -0.3 is 19.1 Å². The lowest BCUT2D eigenvalue weighted by atomic mass is 10.2. The van der Waals surface area contributed by atoms with Crippen LogP contribution in [-0.4, -0.2) is 29.9 Å². The van der Waals surface area contributed by atoms with Gasteiger partial charge in [0.05, 0.1) is 19.7 Å². The van der Waals surface area contributed by atoms with Gasteiger partial charge in [-0.15, -0.1) is 0 Å². The Morgan fingerprint density at radius 1 is 1.22 bits per heavy atom. The van der Waals surface area contributed by atoms with Crippen LogP contribution in [0.2, 0.25) is 0 Å². The Morgan fingerprint density at radius 2 is 1.83 bits per heavy atom. The van der Waals surface area contributed by atoms with Crippen LogP contribution < -0.4 is 9.47 Å². The zero-order chi connectivity index (χ0) is 13.3. The second-order valence-electron chi connectivity index (χ2n) is 4.03. The molecular weight excluding hydrogens is 234 g/mol. The summed E-state index contributed by atoms with van der Waals surface area (Å²) in [4.78, 5) is 10.9. The number of ether oxygens (including phenoxy) is 2. The summed E-state index contributed by atoms with van der Waals surface area (Å²) in [5.74, 6) is 0.359. The molecule has 1 aromatic carbocycles. The third kappa shape index (κ3) is 1.99. The van der Waals surface area contributed by atoms with Gasteiger partial charge in [-0.1, -0.05) is 0 Å². The summed E-state index contributed by atoms with van der Waals surface area (Å²) in [6.07, 6.45) is 0. The van der Waals surface area contributed by atoms with Crippen molar-refractivity contribution in [3.8, 4) is 11.5 Å². The number of aliphatic carboxylic acids is 1. The highest BCUT2D eigenvalue weighted by molar-refractivity contribution is 5.86. The van der Waals surface area contributed by atoms with Crippen molar-refractivity contribution < 1.29 is 19.4 Å². The molecule has 0 bridgehead atoms. The highest BCUT2D eigenvalue weighted by Gasteiger charge is 2.13. The van der Waals surface area contributed by atoms with Crippen LogP contribution in [0.3, 0.4) is 0 Å². The van der Waals surface area contributed by atoms with E-state index in [4.69, 9.17) is 14.6 Å². The van der Waals surface area contributed by atoms with E-state index >= 15 is 0 Å². The molecule has 5 nitrogen and oxygen atoms in total. The lowest BCUT2D eigenvalue weighted by Crippen LogP contribution is -2.09. The minimum Gasteiger partial charge on any atom is -0.493 e. The molecule has 1 N–H and O–H groups in total. The minimum absolute atomic E-state index is 0.0647. The standard InChI is InChI=1S/C13H15NO4/c1-8-4-9-5-11(17-2)12(18-3)6-10(9)14(8)7-13(15)16/h4-6H,7H2,1-3H3,(H,15,16). The molecule has 0 unspecified atom stereocenters. The van der Waals surface area contributed by atoms with Gasteiger partial charge in [-0.05, 0) is 19.1 Å². The number of hydrogen-bond donors (Lipinski definition) is 1. The lowest BCUT2D eigenvalue weighted by Gasteiger charge is -2.09. The van der Waals surface area contributed by atoms with Crippen LogP contribution in [0.1, 0.15) is 5.69 Å². The SMILES string of the molecule is COc1cc2cc(C)n(CC(=O)O)c2cc1OC. The predicted octanol–water partition coefficient (Wildman–Crippen LogP) is 2.05. The second-order valence-corrected chi connectivity index (χ2v) is 4.03. The number of nitrogens with zero attached hydrogens (tertiary/aromatic N) is 1. The molecule has 5 heteroatoms. The maximum atomic E-state index is 10.9. The van der Waals surface area contributed by atoms with Crippen molar-refractivity contribution in [1.29, 1.82) is 0 Å². The quantitative estimate of drug-likeness (QED) is 0.900. The molecule has 0 amide bonds. The number of benzene rings is 1. The van der Waals surface area contributed by atoms with E-state index in [2.05, 4.69) is 0 Å². The fourth-order valence-corrected chi connectivity index (χ4v) is 2.07. The molecule has 1 heterocycles. The van der Waals surface area contributed by atoms with E-state index in [1.807, 2.05) is 19.1 Å². The first kappa shape index (κ1) is 12.3. The van der Waals surface area contributed by atoms with E-state index in [-0.39, 0.29) is 6.54 Å². The van der Waals surface area contributed by atoms with Crippen molar-refractivity contribution in [3.63, 3.8) is 0 Å². The van der Waals surface area contributed by atoms with E-state index in [1.54, 1.807) is 24.9 Å². The summed E-state index contributed by atoms with van der Waals surface area (Å²) in [6, 6.07) is 5.57. The lowest BCUT2D eigenvalue weighted by molar-refractivity contribution is -0.137. The fourth-order valence-electron chi connectivity index (χ4n) is 2.07. The molecule has 0 aliphatic heterocycles. The van der Waals surface area contributed by atoms with Gasteiger partial charge in [0, 0.05) is 17.1 Å². The van der Waals surface area contributed by atoms with Crippen molar-refractivity contribution >= 4 is 16.9 Å². The first-order valence-corrected chi connectivity index (χ1v) is 5.50. The number of rotatable bonds is 4. The molecular formula is C13H15NO4. The van der Waals surface area contributed by atoms with Crippen LogP contribution in [0.5, 0.6) is 11.5 Å². The van der Waals surface area contributed by atoms with Gasteiger partial charge in [0.25, 0.3) is 0 Å². The summed E-state index contributed by atoms with van der Waals surface area (Å²) in [5, 5.41) is 9.86. The minimum atomic E-state index is -0.870. The molecule has 1 aromatic heterocycles. The summed E-state index contributed by atoms with van der Waals surface area (Å²) in [5.41, 5.74) is 1.72. The normalized spacial score (nSPS) is 10.6. The van der Waals surface area contributed by atoms with E-state index in [0.717, 1.165) is 16.6 Å². The number of carboxylic acids is 1. The molecule has 18 heavy (non-hydrogen) atoms. The van der Waals surface area contributed by atoms with Crippen LogP contribution in [-0.2, 0) is 11.3 Å². The Bertz CT molecular complexity index is 601. The zero-order valence-corrected chi connectivity index (χ0v) is 10.6. The molecule has 0 aliphatic rings. The topological polar surface area (TPSA) is 60.7 Å². The van der Waals surface area contributed by atoms with Crippen molar-refractivity contribution in [2.24, 2.45) is 0 Å². The van der Waals surface area contributed by atoms with Gasteiger partial charge in [-0.25, -0.2) is 0 Å². The number of fused-ring (bicyclic) bond motifs is 1. The third-order valence-corrected chi connectivity index (χ3v) is 2.91. The molecule has 0 aliphatic carbocycles. The van der Waals surface area contributed by atoms with E-state index in [0.29, 0.717) is 11.5 Å². The third-order valence-electron chi connectivity index (χ3n) is 2.91. The number of carbonyl (C=O) groups is 1. The van der Waals surface area contributed by atoms with Crippen LogP contribution >= 0.6 is 0 Å². The van der Waals surface area contributed by atoms with E-state index < -0.39 is 5.97 Å². The number of aryl methyl sites for hydroxylation is 1. The Hall–Kier alpha value is -2.17. The molecule has 0 spiro atoms. The van der Waals surface area contributed by atoms with Gasteiger partial charge in [-0.3, -0.25) is 4.79 Å². The molecule has 2 aromatic rings. The summed E-state index contributed by atoms with van der Waals surface area (Å²) >= 11 is 0. The zero-order valence-electron chi connectivity index (χ0n) is 10.6. The molecule has 0 saturated carbocycles. The van der Waals surface area contributed by atoms with Gasteiger partial charge in [0.2, 0.25) is 0 Å². The van der Waals surface area contributed by atoms with Crippen molar-refractivity contribution in [2.75, 3.05) is 14.2 Å². The first-order chi connectivity index (χ1) is 8.56. The molecule has 96 valence electrons. The van der Waals surface area contributed by atoms with Crippen molar-refractivity contribution in [1.82, 2.24) is 4.57 Å². The maximum absolute atomic E-state index is 10.9. The fraction of sp³-hybridized carbons (Fsp3) is 0.308. The Labute approximate surface area is 105 Å². The van der Waals surface area contributed by atoms with Crippen LogP contribution in [0.25, 0.3) is 10.9 Å². The smallest absolute Gasteiger partial charge is 0.323 e. The highest BCUT2D eigenvalue weighted by atomic mass is 16.5. The van der Waals surface area contributed by atoms with Gasteiger partial charge in [-0.2, -0.15) is 0 Å².